The molecule has 3 rings (SSSR count). The van der Waals surface area contributed by atoms with Crippen LogP contribution in [0.1, 0.15) is 18.0 Å². The molecule has 0 unspecified atom stereocenters. The third-order valence-corrected chi connectivity index (χ3v) is 4.18. The Bertz CT molecular complexity index is 469. The predicted octanol–water partition coefficient (Wildman–Crippen LogP) is 0.704. The van der Waals surface area contributed by atoms with Crippen LogP contribution in [0.3, 0.4) is 0 Å². The summed E-state index contributed by atoms with van der Waals surface area (Å²) in [4.78, 5) is 21.4. The van der Waals surface area contributed by atoms with Crippen LogP contribution in [0.25, 0.3) is 0 Å². The molecule has 0 aliphatic carbocycles. The van der Waals surface area contributed by atoms with E-state index in [0.29, 0.717) is 26.4 Å². The number of rotatable bonds is 3. The Kier molecular flexibility index (Phi) is 5.37. The number of aromatic nitrogens is 1. The first-order valence-electron chi connectivity index (χ1n) is 7.94. The van der Waals surface area contributed by atoms with E-state index in [1.165, 1.54) is 0 Å². The van der Waals surface area contributed by atoms with Crippen molar-refractivity contribution in [2.45, 2.75) is 12.5 Å². The maximum atomic E-state index is 13.1. The van der Waals surface area contributed by atoms with Gasteiger partial charge in [-0.2, -0.15) is 0 Å². The van der Waals surface area contributed by atoms with E-state index in [1.807, 2.05) is 17.0 Å². The molecule has 2 saturated heterocycles. The van der Waals surface area contributed by atoms with Gasteiger partial charge in [-0.25, -0.2) is 0 Å². The number of carbonyl (C=O) groups is 1. The molecule has 6 nitrogen and oxygen atoms in total. The summed E-state index contributed by atoms with van der Waals surface area (Å²) in [5.74, 6) is 0.153. The summed E-state index contributed by atoms with van der Waals surface area (Å²) in [6.07, 6.45) is 4.44. The second-order valence-corrected chi connectivity index (χ2v) is 5.63. The normalized spacial score (nSPS) is 22.1. The van der Waals surface area contributed by atoms with Gasteiger partial charge in [0.05, 0.1) is 19.8 Å². The van der Waals surface area contributed by atoms with Crippen LogP contribution in [0.2, 0.25) is 0 Å². The molecule has 0 saturated carbocycles. The van der Waals surface area contributed by atoms with Crippen molar-refractivity contribution in [3.05, 3.63) is 30.1 Å². The molecule has 0 aromatic carbocycles. The van der Waals surface area contributed by atoms with Crippen molar-refractivity contribution in [1.82, 2.24) is 14.8 Å². The van der Waals surface area contributed by atoms with E-state index in [1.54, 1.807) is 12.4 Å². The van der Waals surface area contributed by atoms with Crippen LogP contribution in [-0.4, -0.2) is 73.3 Å². The molecule has 0 spiro atoms. The number of nitrogens with zero attached hydrogens (tertiary/aromatic N) is 3. The predicted molar refractivity (Wildman–Crippen MR) is 81.4 cm³/mol. The molecular formula is C16H23N3O3. The fraction of sp³-hybridized carbons (Fsp3) is 0.625. The van der Waals surface area contributed by atoms with Crippen LogP contribution in [-0.2, 0) is 14.3 Å². The highest BCUT2D eigenvalue weighted by atomic mass is 16.5. The van der Waals surface area contributed by atoms with Gasteiger partial charge in [0.25, 0.3) is 0 Å². The number of amides is 1. The summed E-state index contributed by atoms with van der Waals surface area (Å²) in [5.41, 5.74) is 0.958. The Morgan fingerprint density at radius 1 is 1.09 bits per heavy atom. The third kappa shape index (κ3) is 3.63. The van der Waals surface area contributed by atoms with Gasteiger partial charge in [-0.1, -0.05) is 6.07 Å². The quantitative estimate of drug-likeness (QED) is 0.823. The van der Waals surface area contributed by atoms with Crippen LogP contribution >= 0.6 is 0 Å². The maximum absolute atomic E-state index is 13.1. The molecule has 2 aliphatic rings. The topological polar surface area (TPSA) is 54.9 Å². The second-order valence-electron chi connectivity index (χ2n) is 5.63. The van der Waals surface area contributed by atoms with Gasteiger partial charge in [0, 0.05) is 45.2 Å². The lowest BCUT2D eigenvalue weighted by Gasteiger charge is -2.36. The fourth-order valence-corrected chi connectivity index (χ4v) is 3.02. The molecule has 0 bridgehead atoms. The van der Waals surface area contributed by atoms with E-state index < -0.39 is 0 Å². The molecule has 120 valence electrons. The van der Waals surface area contributed by atoms with Gasteiger partial charge >= 0.3 is 0 Å². The van der Waals surface area contributed by atoms with Gasteiger partial charge in [-0.3, -0.25) is 14.7 Å². The van der Waals surface area contributed by atoms with Crippen molar-refractivity contribution in [2.75, 3.05) is 52.6 Å². The van der Waals surface area contributed by atoms with Crippen molar-refractivity contribution in [1.29, 1.82) is 0 Å². The third-order valence-electron chi connectivity index (χ3n) is 4.18. The number of ether oxygens (including phenoxy) is 2. The van der Waals surface area contributed by atoms with Crippen LogP contribution in [0, 0.1) is 0 Å². The van der Waals surface area contributed by atoms with Crippen LogP contribution in [0.5, 0.6) is 0 Å². The Morgan fingerprint density at radius 2 is 1.86 bits per heavy atom. The van der Waals surface area contributed by atoms with Crippen LogP contribution in [0.15, 0.2) is 24.5 Å². The monoisotopic (exact) mass is 305 g/mol. The SMILES string of the molecule is O=C([C@H](c1cccnc1)N1CCOCC1)N1CCCOCC1. The standard InChI is InChI=1S/C16H23N3O3/c20-16(19-5-2-9-21-12-8-19)15(14-3-1-4-17-13-14)18-6-10-22-11-7-18/h1,3-4,13,15H,2,5-12H2/t15-/m0/s1. The molecule has 2 fully saturated rings. The van der Waals surface area contributed by atoms with E-state index in [2.05, 4.69) is 9.88 Å². The molecule has 1 aromatic heterocycles. The molecule has 22 heavy (non-hydrogen) atoms. The number of hydrogen-bond donors (Lipinski definition) is 0. The highest BCUT2D eigenvalue weighted by Gasteiger charge is 2.32. The summed E-state index contributed by atoms with van der Waals surface area (Å²) in [5, 5.41) is 0. The van der Waals surface area contributed by atoms with Crippen molar-refractivity contribution in [2.24, 2.45) is 0 Å². The molecule has 6 heteroatoms. The Balaban J connectivity index is 1.81. The van der Waals surface area contributed by atoms with Gasteiger partial charge < -0.3 is 14.4 Å². The minimum absolute atomic E-state index is 0.153. The molecule has 0 radical (unpaired) electrons. The Hall–Kier alpha value is -1.50. The molecule has 3 heterocycles. The van der Waals surface area contributed by atoms with E-state index in [0.717, 1.165) is 38.2 Å². The maximum Gasteiger partial charge on any atom is 0.244 e. The number of morpholine rings is 1. The average molecular weight is 305 g/mol. The molecular weight excluding hydrogens is 282 g/mol. The van der Waals surface area contributed by atoms with Gasteiger partial charge in [0.1, 0.15) is 6.04 Å². The Labute approximate surface area is 131 Å². The average Bonchev–Trinajstić information content (AvgIpc) is 2.86. The van der Waals surface area contributed by atoms with Crippen molar-refractivity contribution < 1.29 is 14.3 Å². The summed E-state index contributed by atoms with van der Waals surface area (Å²) < 4.78 is 10.9. The van der Waals surface area contributed by atoms with E-state index in [-0.39, 0.29) is 11.9 Å². The largest absolute Gasteiger partial charge is 0.380 e. The summed E-state index contributed by atoms with van der Waals surface area (Å²) in [6, 6.07) is 3.61. The summed E-state index contributed by atoms with van der Waals surface area (Å²) >= 11 is 0. The van der Waals surface area contributed by atoms with E-state index in [4.69, 9.17) is 9.47 Å². The van der Waals surface area contributed by atoms with Gasteiger partial charge in [-0.05, 0) is 18.1 Å². The minimum atomic E-state index is -0.268. The smallest absolute Gasteiger partial charge is 0.244 e. The lowest BCUT2D eigenvalue weighted by molar-refractivity contribution is -0.139. The van der Waals surface area contributed by atoms with Gasteiger partial charge in [-0.15, -0.1) is 0 Å². The van der Waals surface area contributed by atoms with Gasteiger partial charge in [0.2, 0.25) is 5.91 Å². The first kappa shape index (κ1) is 15.4. The van der Waals surface area contributed by atoms with Crippen LogP contribution in [0.4, 0.5) is 0 Å². The second kappa shape index (κ2) is 7.67. The minimum Gasteiger partial charge on any atom is -0.380 e. The zero-order valence-corrected chi connectivity index (χ0v) is 12.8. The first-order chi connectivity index (χ1) is 10.9. The van der Waals surface area contributed by atoms with E-state index in [9.17, 15) is 4.79 Å². The van der Waals surface area contributed by atoms with Crippen molar-refractivity contribution in [3.63, 3.8) is 0 Å². The highest BCUT2D eigenvalue weighted by Crippen LogP contribution is 2.24. The lowest BCUT2D eigenvalue weighted by atomic mass is 10.0. The number of hydrogen-bond acceptors (Lipinski definition) is 5. The molecule has 2 aliphatic heterocycles. The number of carbonyl (C=O) groups excluding carboxylic acids is 1. The molecule has 1 amide bonds. The molecule has 0 N–H and O–H groups in total. The lowest BCUT2D eigenvalue weighted by Crippen LogP contribution is -2.47. The summed E-state index contributed by atoms with van der Waals surface area (Å²) in [7, 11) is 0. The molecule has 1 aromatic rings. The summed E-state index contributed by atoms with van der Waals surface area (Å²) in [6.45, 7) is 5.68. The number of pyridine rings is 1. The van der Waals surface area contributed by atoms with Crippen molar-refractivity contribution >= 4 is 5.91 Å². The van der Waals surface area contributed by atoms with E-state index >= 15 is 0 Å². The fourth-order valence-electron chi connectivity index (χ4n) is 3.02. The zero-order chi connectivity index (χ0) is 15.2. The first-order valence-corrected chi connectivity index (χ1v) is 7.94. The molecule has 1 atom stereocenters. The van der Waals surface area contributed by atoms with Crippen molar-refractivity contribution in [3.8, 4) is 0 Å². The highest BCUT2D eigenvalue weighted by molar-refractivity contribution is 5.83. The Morgan fingerprint density at radius 3 is 2.64 bits per heavy atom. The van der Waals surface area contributed by atoms with Crippen LogP contribution < -0.4 is 0 Å². The zero-order valence-electron chi connectivity index (χ0n) is 12.8. The van der Waals surface area contributed by atoms with Gasteiger partial charge in [0.15, 0.2) is 0 Å².